The van der Waals surface area contributed by atoms with E-state index in [9.17, 15) is 4.79 Å². The van der Waals surface area contributed by atoms with E-state index >= 15 is 0 Å². The lowest BCUT2D eigenvalue weighted by atomic mass is 9.98. The van der Waals surface area contributed by atoms with Crippen LogP contribution in [0.4, 0.5) is 0 Å². The van der Waals surface area contributed by atoms with Crippen LogP contribution in [0, 0.1) is 6.92 Å². The number of carbonyl (C=O) groups is 1. The molecule has 0 aromatic carbocycles. The number of nitrogens with zero attached hydrogens (tertiary/aromatic N) is 3. The molecule has 1 fully saturated rings. The maximum atomic E-state index is 12.3. The van der Waals surface area contributed by atoms with Gasteiger partial charge in [0.05, 0.1) is 10.5 Å². The molecule has 1 aliphatic heterocycles. The van der Waals surface area contributed by atoms with Gasteiger partial charge in [0.2, 0.25) is 0 Å². The van der Waals surface area contributed by atoms with Gasteiger partial charge in [0, 0.05) is 35.5 Å². The number of piperidine rings is 1. The van der Waals surface area contributed by atoms with Crippen LogP contribution in [0.2, 0.25) is 0 Å². The standard InChI is InChI=1S/C13H15N3OS2/c1-9-5-14-12(19-9)10-3-2-4-16(6-10)13(17)11-7-18-8-15-11/h5,7-8,10H,2-4,6H2,1H3. The lowest BCUT2D eigenvalue weighted by Crippen LogP contribution is -2.39. The highest BCUT2D eigenvalue weighted by molar-refractivity contribution is 7.11. The predicted molar refractivity (Wildman–Crippen MR) is 76.8 cm³/mol. The van der Waals surface area contributed by atoms with Gasteiger partial charge in [-0.1, -0.05) is 0 Å². The highest BCUT2D eigenvalue weighted by Crippen LogP contribution is 2.30. The summed E-state index contributed by atoms with van der Waals surface area (Å²) in [7, 11) is 0. The van der Waals surface area contributed by atoms with E-state index in [0.29, 0.717) is 11.6 Å². The fourth-order valence-corrected chi connectivity index (χ4v) is 3.83. The molecule has 0 bridgehead atoms. The smallest absolute Gasteiger partial charge is 0.273 e. The zero-order chi connectivity index (χ0) is 13.2. The first-order chi connectivity index (χ1) is 9.24. The van der Waals surface area contributed by atoms with Crippen molar-refractivity contribution >= 4 is 28.6 Å². The second kappa shape index (κ2) is 5.38. The van der Waals surface area contributed by atoms with Crippen LogP contribution in [0.15, 0.2) is 17.1 Å². The van der Waals surface area contributed by atoms with Gasteiger partial charge < -0.3 is 4.90 Å². The Balaban J connectivity index is 1.73. The summed E-state index contributed by atoms with van der Waals surface area (Å²) in [4.78, 5) is 24.0. The maximum Gasteiger partial charge on any atom is 0.273 e. The van der Waals surface area contributed by atoms with Crippen molar-refractivity contribution in [3.8, 4) is 0 Å². The molecule has 0 radical (unpaired) electrons. The summed E-state index contributed by atoms with van der Waals surface area (Å²) in [6, 6.07) is 0. The monoisotopic (exact) mass is 293 g/mol. The molecule has 3 rings (SSSR count). The molecule has 0 aliphatic carbocycles. The molecular formula is C13H15N3OS2. The minimum Gasteiger partial charge on any atom is -0.337 e. The van der Waals surface area contributed by atoms with Crippen molar-refractivity contribution in [2.45, 2.75) is 25.7 Å². The first-order valence-corrected chi connectivity index (χ1v) is 8.10. The van der Waals surface area contributed by atoms with Gasteiger partial charge >= 0.3 is 0 Å². The predicted octanol–water partition coefficient (Wildman–Crippen LogP) is 2.93. The van der Waals surface area contributed by atoms with E-state index in [1.54, 1.807) is 16.8 Å². The number of hydrogen-bond donors (Lipinski definition) is 0. The van der Waals surface area contributed by atoms with Crippen LogP contribution in [0.1, 0.15) is 39.1 Å². The largest absolute Gasteiger partial charge is 0.337 e. The number of thiazole rings is 2. The summed E-state index contributed by atoms with van der Waals surface area (Å²) in [5, 5.41) is 2.98. The van der Waals surface area contributed by atoms with Crippen LogP contribution in [0.25, 0.3) is 0 Å². The molecule has 1 saturated heterocycles. The van der Waals surface area contributed by atoms with Crippen LogP contribution in [-0.2, 0) is 0 Å². The van der Waals surface area contributed by atoms with Gasteiger partial charge in [0.25, 0.3) is 5.91 Å². The Labute approximate surface area is 120 Å². The summed E-state index contributed by atoms with van der Waals surface area (Å²) in [6.45, 7) is 3.67. The van der Waals surface area contributed by atoms with Gasteiger partial charge in [-0.25, -0.2) is 9.97 Å². The molecular weight excluding hydrogens is 278 g/mol. The van der Waals surface area contributed by atoms with Crippen molar-refractivity contribution in [1.82, 2.24) is 14.9 Å². The average Bonchev–Trinajstić information content (AvgIpc) is 3.09. The number of carbonyl (C=O) groups excluding carboxylic acids is 1. The topological polar surface area (TPSA) is 46.1 Å². The van der Waals surface area contributed by atoms with Crippen molar-refractivity contribution in [3.63, 3.8) is 0 Å². The number of aryl methyl sites for hydroxylation is 1. The summed E-state index contributed by atoms with van der Waals surface area (Å²) >= 11 is 3.21. The van der Waals surface area contributed by atoms with Gasteiger partial charge in [-0.15, -0.1) is 22.7 Å². The Morgan fingerprint density at radius 3 is 3.05 bits per heavy atom. The van der Waals surface area contributed by atoms with Crippen LogP contribution in [0.3, 0.4) is 0 Å². The van der Waals surface area contributed by atoms with E-state index in [1.807, 2.05) is 16.5 Å². The maximum absolute atomic E-state index is 12.3. The third-order valence-corrected chi connectivity index (χ3v) is 5.01. The second-order valence-electron chi connectivity index (χ2n) is 4.77. The highest BCUT2D eigenvalue weighted by atomic mass is 32.1. The Kier molecular flexibility index (Phi) is 3.61. The molecule has 0 spiro atoms. The number of aromatic nitrogens is 2. The second-order valence-corrected chi connectivity index (χ2v) is 6.76. The number of rotatable bonds is 2. The lowest BCUT2D eigenvalue weighted by Gasteiger charge is -2.31. The van der Waals surface area contributed by atoms with Crippen LogP contribution in [-0.4, -0.2) is 33.9 Å². The fourth-order valence-electron chi connectivity index (χ4n) is 2.40. The van der Waals surface area contributed by atoms with Crippen LogP contribution < -0.4 is 0 Å². The van der Waals surface area contributed by atoms with Crippen molar-refractivity contribution in [2.24, 2.45) is 0 Å². The minimum atomic E-state index is 0.0548. The van der Waals surface area contributed by atoms with Crippen molar-refractivity contribution in [2.75, 3.05) is 13.1 Å². The molecule has 1 unspecified atom stereocenters. The molecule has 4 nitrogen and oxygen atoms in total. The minimum absolute atomic E-state index is 0.0548. The fraction of sp³-hybridized carbons (Fsp3) is 0.462. The normalized spacial score (nSPS) is 19.6. The molecule has 19 heavy (non-hydrogen) atoms. The summed E-state index contributed by atoms with van der Waals surface area (Å²) in [5.41, 5.74) is 2.28. The van der Waals surface area contributed by atoms with E-state index < -0.39 is 0 Å². The Morgan fingerprint density at radius 1 is 1.47 bits per heavy atom. The molecule has 1 atom stereocenters. The Bertz CT molecular complexity index is 564. The van der Waals surface area contributed by atoms with Crippen molar-refractivity contribution in [1.29, 1.82) is 0 Å². The zero-order valence-electron chi connectivity index (χ0n) is 10.7. The summed E-state index contributed by atoms with van der Waals surface area (Å²) in [5.74, 6) is 0.439. The Hall–Kier alpha value is -1.27. The van der Waals surface area contributed by atoms with E-state index in [-0.39, 0.29) is 5.91 Å². The number of hydrogen-bond acceptors (Lipinski definition) is 5. The third-order valence-electron chi connectivity index (χ3n) is 3.35. The van der Waals surface area contributed by atoms with Crippen molar-refractivity contribution < 1.29 is 4.79 Å². The SMILES string of the molecule is Cc1cnc(C2CCCN(C(=O)c3cscn3)C2)s1. The number of likely N-dealkylation sites (tertiary alicyclic amines) is 1. The molecule has 0 N–H and O–H groups in total. The van der Waals surface area contributed by atoms with E-state index in [1.165, 1.54) is 16.2 Å². The molecule has 1 amide bonds. The molecule has 0 saturated carbocycles. The van der Waals surface area contributed by atoms with Gasteiger partial charge in [-0.2, -0.15) is 0 Å². The molecule has 2 aromatic heterocycles. The van der Waals surface area contributed by atoms with Gasteiger partial charge in [-0.05, 0) is 19.8 Å². The average molecular weight is 293 g/mol. The first kappa shape index (κ1) is 12.7. The molecule has 2 aromatic rings. The zero-order valence-corrected chi connectivity index (χ0v) is 12.3. The quantitative estimate of drug-likeness (QED) is 0.855. The molecule has 3 heterocycles. The summed E-state index contributed by atoms with van der Waals surface area (Å²) in [6.07, 6.45) is 4.08. The number of amides is 1. The third kappa shape index (κ3) is 2.69. The highest BCUT2D eigenvalue weighted by Gasteiger charge is 2.27. The van der Waals surface area contributed by atoms with E-state index in [0.717, 1.165) is 30.9 Å². The molecule has 6 heteroatoms. The first-order valence-electron chi connectivity index (χ1n) is 6.34. The van der Waals surface area contributed by atoms with E-state index in [4.69, 9.17) is 0 Å². The molecule has 100 valence electrons. The van der Waals surface area contributed by atoms with Crippen molar-refractivity contribution in [3.05, 3.63) is 32.7 Å². The van der Waals surface area contributed by atoms with Gasteiger partial charge in [-0.3, -0.25) is 4.79 Å². The van der Waals surface area contributed by atoms with Gasteiger partial charge in [0.15, 0.2) is 0 Å². The Morgan fingerprint density at radius 2 is 2.37 bits per heavy atom. The lowest BCUT2D eigenvalue weighted by molar-refractivity contribution is 0.0702. The van der Waals surface area contributed by atoms with Gasteiger partial charge in [0.1, 0.15) is 5.69 Å². The van der Waals surface area contributed by atoms with Crippen LogP contribution >= 0.6 is 22.7 Å². The molecule has 1 aliphatic rings. The van der Waals surface area contributed by atoms with E-state index in [2.05, 4.69) is 16.9 Å². The summed E-state index contributed by atoms with van der Waals surface area (Å²) < 4.78 is 0. The van der Waals surface area contributed by atoms with Crippen LogP contribution in [0.5, 0.6) is 0 Å².